The fourth-order valence-electron chi connectivity index (χ4n) is 3.16. The fourth-order valence-corrected chi connectivity index (χ4v) is 3.16. The number of aryl methyl sites for hydroxylation is 1. The summed E-state index contributed by atoms with van der Waals surface area (Å²) in [5, 5.41) is 3.54. The molecule has 0 aliphatic heterocycles. The number of rotatable bonds is 6. The Labute approximate surface area is 140 Å². The predicted octanol–water partition coefficient (Wildman–Crippen LogP) is 5.97. The van der Waals surface area contributed by atoms with Crippen molar-refractivity contribution in [3.8, 4) is 11.1 Å². The van der Waals surface area contributed by atoms with E-state index in [9.17, 15) is 0 Å². The van der Waals surface area contributed by atoms with Gasteiger partial charge in [0, 0.05) is 5.70 Å². The van der Waals surface area contributed by atoms with E-state index >= 15 is 0 Å². The molecule has 1 nitrogen and oxygen atoms in total. The topological polar surface area (TPSA) is 12.0 Å². The van der Waals surface area contributed by atoms with Crippen molar-refractivity contribution in [2.45, 2.75) is 39.7 Å². The van der Waals surface area contributed by atoms with Gasteiger partial charge in [0.25, 0.3) is 0 Å². The Balaban J connectivity index is 2.47. The Morgan fingerprint density at radius 3 is 2.17 bits per heavy atom. The van der Waals surface area contributed by atoms with E-state index in [1.54, 1.807) is 0 Å². The first-order valence-electron chi connectivity index (χ1n) is 8.06. The molecular formula is C22H27N. The van der Waals surface area contributed by atoms with Crippen molar-refractivity contribution >= 4 is 0 Å². The van der Waals surface area contributed by atoms with Gasteiger partial charge in [0.2, 0.25) is 0 Å². The van der Waals surface area contributed by atoms with Gasteiger partial charge in [0.1, 0.15) is 0 Å². The largest absolute Gasteiger partial charge is 0.379 e. The number of hydrogen-bond acceptors (Lipinski definition) is 1. The first kappa shape index (κ1) is 17.1. The van der Waals surface area contributed by atoms with Crippen molar-refractivity contribution < 1.29 is 0 Å². The van der Waals surface area contributed by atoms with Crippen molar-refractivity contribution in [1.29, 1.82) is 0 Å². The van der Waals surface area contributed by atoms with E-state index in [-0.39, 0.29) is 5.54 Å². The Hall–Kier alpha value is -2.28. The summed E-state index contributed by atoms with van der Waals surface area (Å²) >= 11 is 0. The van der Waals surface area contributed by atoms with Gasteiger partial charge in [-0.25, -0.2) is 0 Å². The Bertz CT molecular complexity index is 708. The molecule has 0 unspecified atom stereocenters. The summed E-state index contributed by atoms with van der Waals surface area (Å²) in [5.41, 5.74) is 6.94. The fraction of sp³-hybridized carbons (Fsp3) is 0.273. The second kappa shape index (κ2) is 6.87. The van der Waals surface area contributed by atoms with Crippen LogP contribution in [0.3, 0.4) is 0 Å². The minimum atomic E-state index is -0.197. The van der Waals surface area contributed by atoms with E-state index in [0.717, 1.165) is 17.7 Å². The van der Waals surface area contributed by atoms with Crippen LogP contribution in [0.25, 0.3) is 11.1 Å². The van der Waals surface area contributed by atoms with Gasteiger partial charge in [-0.3, -0.25) is 0 Å². The third-order valence-electron chi connectivity index (χ3n) is 4.00. The van der Waals surface area contributed by atoms with Crippen LogP contribution in [0.15, 0.2) is 73.0 Å². The number of hydrogen-bond donors (Lipinski definition) is 1. The molecule has 120 valence electrons. The molecule has 0 aliphatic carbocycles. The lowest BCUT2D eigenvalue weighted by molar-refractivity contribution is 0.401. The zero-order valence-corrected chi connectivity index (χ0v) is 14.7. The van der Waals surface area contributed by atoms with Crippen LogP contribution in [0.5, 0.6) is 0 Å². The minimum absolute atomic E-state index is 0.197. The summed E-state index contributed by atoms with van der Waals surface area (Å²) in [6.07, 6.45) is 0.872. The third-order valence-corrected chi connectivity index (χ3v) is 4.00. The maximum absolute atomic E-state index is 4.10. The quantitative estimate of drug-likeness (QED) is 0.649. The number of allylic oxidation sites excluding steroid dienone is 1. The average Bonchev–Trinajstić information content (AvgIpc) is 2.45. The van der Waals surface area contributed by atoms with Crippen molar-refractivity contribution in [2.75, 3.05) is 0 Å². The smallest absolute Gasteiger partial charge is 0.0630 e. The van der Waals surface area contributed by atoms with Crippen LogP contribution >= 0.6 is 0 Å². The van der Waals surface area contributed by atoms with Gasteiger partial charge in [-0.15, -0.1) is 6.58 Å². The number of nitrogens with one attached hydrogen (secondary N) is 1. The van der Waals surface area contributed by atoms with Crippen LogP contribution in [-0.2, 0) is 5.54 Å². The van der Waals surface area contributed by atoms with E-state index in [4.69, 9.17) is 0 Å². The highest BCUT2D eigenvalue weighted by atomic mass is 15.0. The summed E-state index contributed by atoms with van der Waals surface area (Å²) < 4.78 is 0. The highest BCUT2D eigenvalue weighted by molar-refractivity contribution is 5.65. The van der Waals surface area contributed by atoms with E-state index < -0.39 is 0 Å². The van der Waals surface area contributed by atoms with Crippen LogP contribution in [-0.4, -0.2) is 0 Å². The summed E-state index contributed by atoms with van der Waals surface area (Å²) in [6, 6.07) is 17.4. The molecule has 2 rings (SSSR count). The van der Waals surface area contributed by atoms with E-state index in [0.29, 0.717) is 0 Å². The lowest BCUT2D eigenvalue weighted by Gasteiger charge is -2.33. The van der Waals surface area contributed by atoms with Crippen molar-refractivity contribution in [1.82, 2.24) is 5.32 Å². The SMILES string of the molecule is C=C(C)C[C@](C)(NC(=C)C)c1cccc(-c2cccc(C)c2)c1. The standard InChI is InChI=1S/C22H27N/c1-16(2)15-22(6,23-17(3)4)21-12-8-11-20(14-21)19-10-7-9-18(5)13-19/h7-14,23H,1,3,15H2,2,4-6H3/t22-/m0/s1. The van der Waals surface area contributed by atoms with Crippen molar-refractivity contribution in [3.63, 3.8) is 0 Å². The van der Waals surface area contributed by atoms with Crippen molar-refractivity contribution in [3.05, 3.63) is 84.1 Å². The molecule has 1 heteroatoms. The first-order valence-corrected chi connectivity index (χ1v) is 8.06. The molecular weight excluding hydrogens is 278 g/mol. The Morgan fingerprint density at radius 2 is 1.61 bits per heavy atom. The molecule has 0 heterocycles. The van der Waals surface area contributed by atoms with Crippen LogP contribution in [0.2, 0.25) is 0 Å². The maximum Gasteiger partial charge on any atom is 0.0630 e. The molecule has 0 aromatic heterocycles. The van der Waals surface area contributed by atoms with Gasteiger partial charge in [0.15, 0.2) is 0 Å². The van der Waals surface area contributed by atoms with Gasteiger partial charge in [-0.05, 0) is 56.9 Å². The van der Waals surface area contributed by atoms with Gasteiger partial charge in [-0.1, -0.05) is 60.2 Å². The lowest BCUT2D eigenvalue weighted by Crippen LogP contribution is -2.38. The molecule has 0 aliphatic rings. The lowest BCUT2D eigenvalue weighted by atomic mass is 9.84. The monoisotopic (exact) mass is 305 g/mol. The predicted molar refractivity (Wildman–Crippen MR) is 101 cm³/mol. The molecule has 0 fully saturated rings. The first-order chi connectivity index (χ1) is 10.8. The van der Waals surface area contributed by atoms with Gasteiger partial charge >= 0.3 is 0 Å². The van der Waals surface area contributed by atoms with Gasteiger partial charge < -0.3 is 5.32 Å². The molecule has 23 heavy (non-hydrogen) atoms. The molecule has 2 aromatic carbocycles. The summed E-state index contributed by atoms with van der Waals surface area (Å²) in [4.78, 5) is 0. The Kier molecular flexibility index (Phi) is 5.10. The molecule has 1 N–H and O–H groups in total. The molecule has 0 spiro atoms. The van der Waals surface area contributed by atoms with E-state index in [1.165, 1.54) is 22.3 Å². The van der Waals surface area contributed by atoms with Gasteiger partial charge in [-0.2, -0.15) is 0 Å². The molecule has 0 saturated carbocycles. The third kappa shape index (κ3) is 4.35. The zero-order valence-electron chi connectivity index (χ0n) is 14.7. The number of benzene rings is 2. The van der Waals surface area contributed by atoms with Crippen LogP contribution < -0.4 is 5.32 Å². The highest BCUT2D eigenvalue weighted by Gasteiger charge is 2.26. The zero-order chi connectivity index (χ0) is 17.0. The Morgan fingerprint density at radius 1 is 1.00 bits per heavy atom. The van der Waals surface area contributed by atoms with Crippen LogP contribution in [0.1, 0.15) is 38.3 Å². The molecule has 1 atom stereocenters. The molecule has 0 radical (unpaired) electrons. The van der Waals surface area contributed by atoms with E-state index in [1.807, 2.05) is 6.92 Å². The normalized spacial score (nSPS) is 13.2. The molecule has 0 bridgehead atoms. The molecule has 0 saturated heterocycles. The molecule has 0 amide bonds. The molecule has 2 aromatic rings. The summed E-state index contributed by atoms with van der Waals surface area (Å²) in [7, 11) is 0. The summed E-state index contributed by atoms with van der Waals surface area (Å²) in [5.74, 6) is 0. The van der Waals surface area contributed by atoms with Crippen LogP contribution in [0.4, 0.5) is 0 Å². The minimum Gasteiger partial charge on any atom is -0.379 e. The highest BCUT2D eigenvalue weighted by Crippen LogP contribution is 2.32. The van der Waals surface area contributed by atoms with Crippen molar-refractivity contribution in [2.24, 2.45) is 0 Å². The second-order valence-corrected chi connectivity index (χ2v) is 6.82. The maximum atomic E-state index is 4.10. The average molecular weight is 305 g/mol. The van der Waals surface area contributed by atoms with E-state index in [2.05, 4.69) is 87.8 Å². The second-order valence-electron chi connectivity index (χ2n) is 6.82. The van der Waals surface area contributed by atoms with Crippen LogP contribution in [0, 0.1) is 6.92 Å². The van der Waals surface area contributed by atoms with Gasteiger partial charge in [0.05, 0.1) is 5.54 Å². The summed E-state index contributed by atoms with van der Waals surface area (Å²) in [6.45, 7) is 16.5.